The predicted molar refractivity (Wildman–Crippen MR) is 159 cm³/mol. The predicted octanol–water partition coefficient (Wildman–Crippen LogP) is 6.46. The normalized spacial score (nSPS) is 11.9. The fourth-order valence-corrected chi connectivity index (χ4v) is 4.37. The second-order valence-corrected chi connectivity index (χ2v) is 11.0. The van der Waals surface area contributed by atoms with Crippen molar-refractivity contribution in [2.45, 2.75) is 52.7 Å². The first-order chi connectivity index (χ1) is 19.5. The van der Waals surface area contributed by atoms with Gasteiger partial charge in [0, 0.05) is 30.0 Å². The molecule has 0 aliphatic rings. The summed E-state index contributed by atoms with van der Waals surface area (Å²) in [6, 6.07) is 20.3. The molecule has 0 aliphatic carbocycles. The van der Waals surface area contributed by atoms with Crippen LogP contribution in [0.4, 0.5) is 10.5 Å². The van der Waals surface area contributed by atoms with Crippen LogP contribution in [0, 0.1) is 13.8 Å². The third-order valence-electron chi connectivity index (χ3n) is 6.43. The number of rotatable bonds is 8. The van der Waals surface area contributed by atoms with E-state index in [9.17, 15) is 14.4 Å². The van der Waals surface area contributed by atoms with Crippen molar-refractivity contribution in [3.05, 3.63) is 107 Å². The quantitative estimate of drug-likeness (QED) is 0.243. The molecule has 2 amide bonds. The zero-order chi connectivity index (χ0) is 29.6. The van der Waals surface area contributed by atoms with Crippen molar-refractivity contribution in [1.82, 2.24) is 10.3 Å². The molecule has 0 bridgehead atoms. The van der Waals surface area contributed by atoms with Crippen molar-refractivity contribution in [3.63, 3.8) is 0 Å². The molecule has 1 atom stereocenters. The summed E-state index contributed by atoms with van der Waals surface area (Å²) in [4.78, 5) is 42.5. The Hall–Kier alpha value is -4.72. The summed E-state index contributed by atoms with van der Waals surface area (Å²) in [5.74, 6) is -1.39. The molecule has 41 heavy (non-hydrogen) atoms. The van der Waals surface area contributed by atoms with Crippen LogP contribution in [0.25, 0.3) is 10.8 Å². The lowest BCUT2D eigenvalue weighted by Gasteiger charge is -2.22. The maximum atomic E-state index is 13.5. The number of aryl methyl sites for hydroxylation is 2. The number of amides is 2. The van der Waals surface area contributed by atoms with Gasteiger partial charge in [0.25, 0.3) is 0 Å². The van der Waals surface area contributed by atoms with Gasteiger partial charge in [0.1, 0.15) is 12.2 Å². The third-order valence-corrected chi connectivity index (χ3v) is 6.43. The Morgan fingerprint density at radius 3 is 2.37 bits per heavy atom. The smallest absolute Gasteiger partial charge is 0.407 e. The number of hydrogen-bond acceptors (Lipinski definition) is 6. The standard InChI is InChI=1S/C33H35N3O5/c1-21-6-13-28(22(2)16-21)31(38)40-20-23-7-9-24(10-8-23)29(19-35-32(39)41-33(3,4)5)30(37)36-27-12-11-26-18-34-15-14-25(26)17-27/h6-18,29H,19-20H2,1-5H3,(H,35,39)(H,36,37)/t29-/m0/s1. The summed E-state index contributed by atoms with van der Waals surface area (Å²) >= 11 is 0. The van der Waals surface area contributed by atoms with Crippen LogP contribution in [0.1, 0.15) is 59.3 Å². The van der Waals surface area contributed by atoms with Crippen molar-refractivity contribution >= 4 is 34.4 Å². The first kappa shape index (κ1) is 29.3. The number of aromatic nitrogens is 1. The molecule has 8 nitrogen and oxygen atoms in total. The number of alkyl carbamates (subject to hydrolysis) is 1. The molecular formula is C33H35N3O5. The van der Waals surface area contributed by atoms with Gasteiger partial charge in [-0.25, -0.2) is 9.59 Å². The molecule has 0 aliphatic heterocycles. The van der Waals surface area contributed by atoms with Gasteiger partial charge in [-0.15, -0.1) is 0 Å². The van der Waals surface area contributed by atoms with Gasteiger partial charge in [-0.3, -0.25) is 9.78 Å². The highest BCUT2D eigenvalue weighted by Gasteiger charge is 2.24. The zero-order valence-corrected chi connectivity index (χ0v) is 24.0. The number of carbonyl (C=O) groups excluding carboxylic acids is 3. The maximum Gasteiger partial charge on any atom is 0.407 e. The van der Waals surface area contributed by atoms with Crippen molar-refractivity contribution < 1.29 is 23.9 Å². The van der Waals surface area contributed by atoms with Crippen LogP contribution in [-0.2, 0) is 20.9 Å². The fourth-order valence-electron chi connectivity index (χ4n) is 4.37. The van der Waals surface area contributed by atoms with Crippen molar-refractivity contribution in [1.29, 1.82) is 0 Å². The number of carbonyl (C=O) groups is 3. The van der Waals surface area contributed by atoms with Crippen molar-refractivity contribution in [2.75, 3.05) is 11.9 Å². The van der Waals surface area contributed by atoms with Crippen LogP contribution in [-0.4, -0.2) is 35.1 Å². The number of nitrogens with one attached hydrogen (secondary N) is 2. The molecule has 212 valence electrons. The van der Waals surface area contributed by atoms with Crippen LogP contribution < -0.4 is 10.6 Å². The largest absolute Gasteiger partial charge is 0.457 e. The van der Waals surface area contributed by atoms with Gasteiger partial charge >= 0.3 is 12.1 Å². The van der Waals surface area contributed by atoms with Crippen molar-refractivity contribution in [2.24, 2.45) is 0 Å². The molecule has 0 saturated carbocycles. The topological polar surface area (TPSA) is 107 Å². The Kier molecular flexibility index (Phi) is 9.02. The Morgan fingerprint density at radius 1 is 0.902 bits per heavy atom. The average molecular weight is 554 g/mol. The SMILES string of the molecule is Cc1ccc(C(=O)OCc2ccc([C@H](CNC(=O)OC(C)(C)C)C(=O)Nc3ccc4cnccc4c3)cc2)c(C)c1. The van der Waals surface area contributed by atoms with E-state index in [1.165, 1.54) is 0 Å². The van der Waals surface area contributed by atoms with Crippen LogP contribution in [0.3, 0.4) is 0 Å². The molecular weight excluding hydrogens is 518 g/mol. The van der Waals surface area contributed by atoms with E-state index in [1.807, 2.05) is 50.2 Å². The van der Waals surface area contributed by atoms with Crippen LogP contribution >= 0.6 is 0 Å². The number of ether oxygens (including phenoxy) is 2. The molecule has 4 rings (SSSR count). The number of pyridine rings is 1. The van der Waals surface area contributed by atoms with E-state index in [-0.39, 0.29) is 19.1 Å². The molecule has 3 aromatic carbocycles. The Morgan fingerprint density at radius 2 is 1.66 bits per heavy atom. The zero-order valence-electron chi connectivity index (χ0n) is 24.0. The molecule has 0 radical (unpaired) electrons. The average Bonchev–Trinajstić information content (AvgIpc) is 2.91. The Bertz CT molecular complexity index is 1560. The highest BCUT2D eigenvalue weighted by atomic mass is 16.6. The highest BCUT2D eigenvalue weighted by Crippen LogP contribution is 2.23. The monoisotopic (exact) mass is 553 g/mol. The molecule has 8 heteroatoms. The summed E-state index contributed by atoms with van der Waals surface area (Å²) in [5, 5.41) is 7.59. The minimum atomic E-state index is -0.706. The molecule has 2 N–H and O–H groups in total. The number of nitrogens with zero attached hydrogens (tertiary/aromatic N) is 1. The molecule has 1 aromatic heterocycles. The fraction of sp³-hybridized carbons (Fsp3) is 0.273. The van der Waals surface area contributed by atoms with Gasteiger partial charge in [-0.1, -0.05) is 48.0 Å². The van der Waals surface area contributed by atoms with E-state index in [0.29, 0.717) is 16.8 Å². The summed E-state index contributed by atoms with van der Waals surface area (Å²) in [6.45, 7) is 9.29. The van der Waals surface area contributed by atoms with Gasteiger partial charge < -0.3 is 20.1 Å². The lowest BCUT2D eigenvalue weighted by Crippen LogP contribution is -2.37. The summed E-state index contributed by atoms with van der Waals surface area (Å²) in [5.41, 5.74) is 3.89. The summed E-state index contributed by atoms with van der Waals surface area (Å²) in [6.07, 6.45) is 2.85. The van der Waals surface area contributed by atoms with E-state index in [4.69, 9.17) is 9.47 Å². The number of hydrogen-bond donors (Lipinski definition) is 2. The molecule has 0 saturated heterocycles. The van der Waals surface area contributed by atoms with E-state index in [0.717, 1.165) is 27.5 Å². The molecule has 0 spiro atoms. The highest BCUT2D eigenvalue weighted by molar-refractivity contribution is 5.98. The first-order valence-electron chi connectivity index (χ1n) is 13.4. The van der Waals surface area contributed by atoms with Gasteiger partial charge in [0.05, 0.1) is 11.5 Å². The molecule has 4 aromatic rings. The maximum absolute atomic E-state index is 13.5. The Balaban J connectivity index is 1.48. The molecule has 0 fully saturated rings. The lowest BCUT2D eigenvalue weighted by atomic mass is 9.96. The van der Waals surface area contributed by atoms with E-state index in [2.05, 4.69) is 15.6 Å². The molecule has 0 unspecified atom stereocenters. The van der Waals surface area contributed by atoms with Crippen LogP contribution in [0.2, 0.25) is 0 Å². The Labute approximate surface area is 240 Å². The third kappa shape index (κ3) is 8.14. The lowest BCUT2D eigenvalue weighted by molar-refractivity contribution is -0.117. The summed E-state index contributed by atoms with van der Waals surface area (Å²) < 4.78 is 10.9. The van der Waals surface area contributed by atoms with Crippen LogP contribution in [0.5, 0.6) is 0 Å². The second kappa shape index (κ2) is 12.6. The molecule has 1 heterocycles. The van der Waals surface area contributed by atoms with Crippen molar-refractivity contribution in [3.8, 4) is 0 Å². The summed E-state index contributed by atoms with van der Waals surface area (Å²) in [7, 11) is 0. The van der Waals surface area contributed by atoms with Gasteiger partial charge in [-0.2, -0.15) is 0 Å². The number of anilines is 1. The van der Waals surface area contributed by atoms with E-state index in [1.54, 1.807) is 63.5 Å². The second-order valence-electron chi connectivity index (χ2n) is 11.0. The van der Waals surface area contributed by atoms with E-state index >= 15 is 0 Å². The minimum Gasteiger partial charge on any atom is -0.457 e. The minimum absolute atomic E-state index is 0.0271. The number of fused-ring (bicyclic) bond motifs is 1. The van der Waals surface area contributed by atoms with Gasteiger partial charge in [-0.05, 0) is 81.0 Å². The van der Waals surface area contributed by atoms with Crippen LogP contribution in [0.15, 0.2) is 79.1 Å². The van der Waals surface area contributed by atoms with E-state index < -0.39 is 23.6 Å². The van der Waals surface area contributed by atoms with Gasteiger partial charge in [0.2, 0.25) is 5.91 Å². The first-order valence-corrected chi connectivity index (χ1v) is 13.4. The van der Waals surface area contributed by atoms with Gasteiger partial charge in [0.15, 0.2) is 0 Å². The number of benzene rings is 3. The number of esters is 1.